The van der Waals surface area contributed by atoms with E-state index < -0.39 is 5.41 Å². The van der Waals surface area contributed by atoms with Gasteiger partial charge in [-0.2, -0.15) is 5.26 Å². The number of rotatable bonds is 18. The zero-order chi connectivity index (χ0) is 27.9. The Labute approximate surface area is 236 Å². The number of hydrogen-bond donors (Lipinski definition) is 0. The first-order chi connectivity index (χ1) is 19.0. The van der Waals surface area contributed by atoms with Crippen LogP contribution in [-0.2, 0) is 12.5 Å². The van der Waals surface area contributed by atoms with Crippen LogP contribution in [0.1, 0.15) is 119 Å². The van der Waals surface area contributed by atoms with Crippen molar-refractivity contribution in [3.05, 3.63) is 59.7 Å². The molecule has 0 N–H and O–H groups in total. The standard InChI is InChI=1S/C34H50FN3O/c1-3-4-5-6-7-8-9-10-11-12-22-34(28-36,32-15-13-24-37(32)2)23-14-25-38-26-20-30(21-27-38)33(39)29-16-18-31(35)19-17-29/h13,15-19,24,30H,3-12,14,20-23,25-27H2,1-2H3. The lowest BCUT2D eigenvalue weighted by atomic mass is 9.76. The molecule has 0 amide bonds. The zero-order valence-electron chi connectivity index (χ0n) is 24.5. The van der Waals surface area contributed by atoms with Gasteiger partial charge in [-0.05, 0) is 88.1 Å². The van der Waals surface area contributed by atoms with Crippen LogP contribution >= 0.6 is 0 Å². The van der Waals surface area contributed by atoms with Gasteiger partial charge in [-0.3, -0.25) is 4.79 Å². The van der Waals surface area contributed by atoms with Crippen LogP contribution in [0.4, 0.5) is 4.39 Å². The van der Waals surface area contributed by atoms with Gasteiger partial charge in [-0.1, -0.05) is 71.1 Å². The summed E-state index contributed by atoms with van der Waals surface area (Å²) in [6.45, 7) is 5.03. The Balaban J connectivity index is 1.43. The molecule has 1 saturated heterocycles. The highest BCUT2D eigenvalue weighted by Gasteiger charge is 2.34. The number of carbonyl (C=O) groups is 1. The third kappa shape index (κ3) is 9.60. The van der Waals surface area contributed by atoms with Gasteiger partial charge in [-0.25, -0.2) is 4.39 Å². The van der Waals surface area contributed by atoms with Crippen LogP contribution in [0.3, 0.4) is 0 Å². The first kappa shape index (κ1) is 31.1. The molecule has 0 spiro atoms. The van der Waals surface area contributed by atoms with Crippen LogP contribution in [0.2, 0.25) is 0 Å². The minimum Gasteiger partial charge on any atom is -0.353 e. The van der Waals surface area contributed by atoms with E-state index in [0.29, 0.717) is 5.56 Å². The van der Waals surface area contributed by atoms with Crippen molar-refractivity contribution in [2.75, 3.05) is 19.6 Å². The van der Waals surface area contributed by atoms with E-state index in [-0.39, 0.29) is 17.5 Å². The van der Waals surface area contributed by atoms with E-state index in [0.717, 1.165) is 63.9 Å². The SMILES string of the molecule is CCCCCCCCCCCCC(C#N)(CCCN1CCC(C(=O)c2ccc(F)cc2)CC1)c1cccn1C. The number of aryl methyl sites for hydroxylation is 1. The molecule has 0 aliphatic carbocycles. The fourth-order valence-corrected chi connectivity index (χ4v) is 6.30. The molecule has 0 bridgehead atoms. The smallest absolute Gasteiger partial charge is 0.166 e. The molecule has 4 nitrogen and oxygen atoms in total. The third-order valence-corrected chi connectivity index (χ3v) is 8.77. The van der Waals surface area contributed by atoms with E-state index >= 15 is 0 Å². The molecule has 3 rings (SSSR count). The minimum atomic E-state index is -0.435. The highest BCUT2D eigenvalue weighted by Crippen LogP contribution is 2.35. The van der Waals surface area contributed by atoms with Crippen LogP contribution < -0.4 is 0 Å². The Hall–Kier alpha value is -2.45. The number of ketones is 1. The average Bonchev–Trinajstić information content (AvgIpc) is 3.40. The maximum atomic E-state index is 13.2. The summed E-state index contributed by atoms with van der Waals surface area (Å²) in [5, 5.41) is 10.4. The molecule has 1 aliphatic heterocycles. The van der Waals surface area contributed by atoms with Gasteiger partial charge in [0.2, 0.25) is 0 Å². The number of Topliss-reactive ketones (excluding diaryl/α,β-unsaturated/α-hetero) is 1. The predicted octanol–water partition coefficient (Wildman–Crippen LogP) is 8.61. The average molecular weight is 536 g/mol. The minimum absolute atomic E-state index is 0.0182. The number of nitriles is 1. The Morgan fingerprint density at radius 2 is 1.51 bits per heavy atom. The largest absolute Gasteiger partial charge is 0.353 e. The fraction of sp³-hybridized carbons (Fsp3) is 0.647. The zero-order valence-corrected chi connectivity index (χ0v) is 24.5. The van der Waals surface area contributed by atoms with Gasteiger partial charge in [0.05, 0.1) is 11.5 Å². The lowest BCUT2D eigenvalue weighted by Crippen LogP contribution is -2.37. The molecule has 2 heterocycles. The number of piperidine rings is 1. The summed E-state index contributed by atoms with van der Waals surface area (Å²) >= 11 is 0. The second-order valence-corrected chi connectivity index (χ2v) is 11.7. The van der Waals surface area contributed by atoms with Gasteiger partial charge in [0.15, 0.2) is 5.78 Å². The van der Waals surface area contributed by atoms with Crippen LogP contribution in [0.5, 0.6) is 0 Å². The molecule has 1 aromatic carbocycles. The molecule has 0 saturated carbocycles. The summed E-state index contributed by atoms with van der Waals surface area (Å²) in [5.41, 5.74) is 1.32. The molecule has 214 valence electrons. The first-order valence-corrected chi connectivity index (χ1v) is 15.5. The van der Waals surface area contributed by atoms with Crippen LogP contribution in [0.15, 0.2) is 42.6 Å². The van der Waals surface area contributed by atoms with Crippen molar-refractivity contribution in [1.29, 1.82) is 5.26 Å². The second kappa shape index (κ2) is 16.6. The van der Waals surface area contributed by atoms with Gasteiger partial charge >= 0.3 is 0 Å². The van der Waals surface area contributed by atoms with Crippen LogP contribution in [-0.4, -0.2) is 34.9 Å². The third-order valence-electron chi connectivity index (χ3n) is 8.77. The second-order valence-electron chi connectivity index (χ2n) is 11.7. The number of halogens is 1. The molecule has 39 heavy (non-hydrogen) atoms. The normalized spacial score (nSPS) is 16.2. The van der Waals surface area contributed by atoms with E-state index in [1.807, 2.05) is 0 Å². The molecular formula is C34H50FN3O. The van der Waals surface area contributed by atoms with Gasteiger partial charge in [0.25, 0.3) is 0 Å². The molecular weight excluding hydrogens is 485 g/mol. The van der Waals surface area contributed by atoms with E-state index in [1.165, 1.54) is 69.9 Å². The van der Waals surface area contributed by atoms with Crippen molar-refractivity contribution >= 4 is 5.78 Å². The van der Waals surface area contributed by atoms with Crippen molar-refractivity contribution in [2.24, 2.45) is 13.0 Å². The van der Waals surface area contributed by atoms with E-state index in [2.05, 4.69) is 47.8 Å². The number of carbonyl (C=O) groups excluding carboxylic acids is 1. The summed E-state index contributed by atoms with van der Waals surface area (Å²) in [6.07, 6.45) is 19.5. The van der Waals surface area contributed by atoms with E-state index in [4.69, 9.17) is 0 Å². The fourth-order valence-electron chi connectivity index (χ4n) is 6.30. The Bertz CT molecular complexity index is 1020. The van der Waals surface area contributed by atoms with Crippen molar-refractivity contribution in [1.82, 2.24) is 9.47 Å². The van der Waals surface area contributed by atoms with Crippen molar-refractivity contribution in [3.8, 4) is 6.07 Å². The number of hydrogen-bond acceptors (Lipinski definition) is 3. The van der Waals surface area contributed by atoms with Crippen molar-refractivity contribution in [3.63, 3.8) is 0 Å². The number of benzene rings is 1. The first-order valence-electron chi connectivity index (χ1n) is 15.5. The highest BCUT2D eigenvalue weighted by molar-refractivity contribution is 5.97. The van der Waals surface area contributed by atoms with E-state index in [9.17, 15) is 14.4 Å². The van der Waals surface area contributed by atoms with Crippen molar-refractivity contribution < 1.29 is 9.18 Å². The molecule has 0 radical (unpaired) electrons. The van der Waals surface area contributed by atoms with Crippen LogP contribution in [0.25, 0.3) is 0 Å². The maximum absolute atomic E-state index is 13.2. The van der Waals surface area contributed by atoms with Crippen LogP contribution in [0, 0.1) is 23.1 Å². The molecule has 1 aliphatic rings. The number of unbranched alkanes of at least 4 members (excludes halogenated alkanes) is 9. The highest BCUT2D eigenvalue weighted by atomic mass is 19.1. The Morgan fingerprint density at radius 3 is 2.08 bits per heavy atom. The molecule has 1 aromatic heterocycles. The van der Waals surface area contributed by atoms with Gasteiger partial charge in [-0.15, -0.1) is 0 Å². The maximum Gasteiger partial charge on any atom is 0.166 e. The van der Waals surface area contributed by atoms with Gasteiger partial charge in [0, 0.05) is 30.4 Å². The molecule has 1 fully saturated rings. The monoisotopic (exact) mass is 535 g/mol. The topological polar surface area (TPSA) is 49.0 Å². The van der Waals surface area contributed by atoms with Gasteiger partial charge < -0.3 is 9.47 Å². The lowest BCUT2D eigenvalue weighted by Gasteiger charge is -2.33. The summed E-state index contributed by atoms with van der Waals surface area (Å²) < 4.78 is 15.4. The molecule has 1 atom stereocenters. The van der Waals surface area contributed by atoms with E-state index in [1.54, 1.807) is 12.1 Å². The molecule has 2 aromatic rings. The summed E-state index contributed by atoms with van der Waals surface area (Å²) in [6, 6.07) is 12.9. The quantitative estimate of drug-likeness (QED) is 0.142. The summed E-state index contributed by atoms with van der Waals surface area (Å²) in [7, 11) is 2.06. The Morgan fingerprint density at radius 1 is 0.923 bits per heavy atom. The number of aromatic nitrogens is 1. The Kier molecular flexibility index (Phi) is 13.2. The van der Waals surface area contributed by atoms with Crippen molar-refractivity contribution in [2.45, 2.75) is 109 Å². The lowest BCUT2D eigenvalue weighted by molar-refractivity contribution is 0.0837. The number of nitrogens with zero attached hydrogens (tertiary/aromatic N) is 3. The number of likely N-dealkylation sites (tertiary alicyclic amines) is 1. The molecule has 5 heteroatoms. The summed E-state index contributed by atoms with van der Waals surface area (Å²) in [4.78, 5) is 15.3. The summed E-state index contributed by atoms with van der Waals surface area (Å²) in [5.74, 6) is -0.152. The predicted molar refractivity (Wildman–Crippen MR) is 158 cm³/mol. The van der Waals surface area contributed by atoms with Gasteiger partial charge in [0.1, 0.15) is 5.82 Å². The molecule has 1 unspecified atom stereocenters.